The number of primary amides is 2. The molecule has 0 aliphatic carbocycles. The summed E-state index contributed by atoms with van der Waals surface area (Å²) < 4.78 is 11.1. The Bertz CT molecular complexity index is 836. The maximum Gasteiger partial charge on any atom is 0.250 e. The Labute approximate surface area is 158 Å². The minimum atomic E-state index is -0.621. The second-order valence-electron chi connectivity index (χ2n) is 6.13. The van der Waals surface area contributed by atoms with Crippen LogP contribution in [0.15, 0.2) is 36.4 Å². The van der Waals surface area contributed by atoms with Gasteiger partial charge >= 0.3 is 0 Å². The lowest BCUT2D eigenvalue weighted by atomic mass is 10.1. The topological polar surface area (TPSA) is 120 Å². The smallest absolute Gasteiger partial charge is 0.250 e. The molecule has 2 aromatic carbocycles. The summed E-state index contributed by atoms with van der Waals surface area (Å²) in [5.41, 5.74) is 12.3. The minimum Gasteiger partial charge on any atom is -0.493 e. The zero-order valence-corrected chi connectivity index (χ0v) is 15.6. The van der Waals surface area contributed by atoms with E-state index in [9.17, 15) is 9.59 Å². The largest absolute Gasteiger partial charge is 0.493 e. The molecule has 0 radical (unpaired) electrons. The fourth-order valence-corrected chi connectivity index (χ4v) is 2.38. The maximum atomic E-state index is 11.7. The first-order valence-electron chi connectivity index (χ1n) is 8.28. The summed E-state index contributed by atoms with van der Waals surface area (Å²) in [4.78, 5) is 25.1. The number of benzene rings is 2. The van der Waals surface area contributed by atoms with Crippen LogP contribution in [-0.2, 0) is 0 Å². The van der Waals surface area contributed by atoms with E-state index in [1.54, 1.807) is 25.3 Å². The summed E-state index contributed by atoms with van der Waals surface area (Å²) >= 11 is 0. The number of nitrogens with two attached hydrogens (primary N) is 2. The molecule has 0 fully saturated rings. The van der Waals surface area contributed by atoms with Crippen molar-refractivity contribution < 1.29 is 19.1 Å². The average molecular weight is 372 g/mol. The van der Waals surface area contributed by atoms with Gasteiger partial charge in [-0.2, -0.15) is 0 Å². The van der Waals surface area contributed by atoms with Crippen molar-refractivity contribution in [3.63, 3.8) is 0 Å². The summed E-state index contributed by atoms with van der Waals surface area (Å²) in [5.74, 6) is -0.0858. The van der Waals surface area contributed by atoms with Crippen molar-refractivity contribution in [1.82, 2.24) is 4.90 Å². The standard InChI is InChI=1S/C19H24N4O4/c1-23(2)8-9-27-17-11-13(5-7-16(17)26-3)22-15-10-12(18(20)24)4-6-14(15)19(21)25/h4-7,10-11,22H,8-9H2,1-3H3,(H2,20,24)(H2,21,25). The molecule has 0 bridgehead atoms. The second-order valence-corrected chi connectivity index (χ2v) is 6.13. The van der Waals surface area contributed by atoms with Crippen LogP contribution in [0.4, 0.5) is 11.4 Å². The molecule has 8 heteroatoms. The maximum absolute atomic E-state index is 11.7. The van der Waals surface area contributed by atoms with E-state index in [0.717, 1.165) is 6.54 Å². The number of ether oxygens (including phenoxy) is 2. The third-order valence-corrected chi connectivity index (χ3v) is 3.81. The van der Waals surface area contributed by atoms with E-state index in [0.29, 0.717) is 29.5 Å². The number of carbonyl (C=O) groups is 2. The Balaban J connectivity index is 2.32. The van der Waals surface area contributed by atoms with Crippen LogP contribution in [0.2, 0.25) is 0 Å². The normalized spacial score (nSPS) is 10.5. The molecule has 2 aromatic rings. The van der Waals surface area contributed by atoms with E-state index < -0.39 is 11.8 Å². The van der Waals surface area contributed by atoms with Crippen molar-refractivity contribution in [1.29, 1.82) is 0 Å². The number of carbonyl (C=O) groups excluding carboxylic acids is 2. The van der Waals surface area contributed by atoms with Crippen molar-refractivity contribution in [2.75, 3.05) is 39.7 Å². The number of methoxy groups -OCH3 is 1. The number of amides is 2. The van der Waals surface area contributed by atoms with Gasteiger partial charge < -0.3 is 31.2 Å². The summed E-state index contributed by atoms with van der Waals surface area (Å²) in [7, 11) is 5.47. The molecule has 0 aliphatic rings. The Morgan fingerprint density at radius 3 is 2.37 bits per heavy atom. The van der Waals surface area contributed by atoms with E-state index in [-0.39, 0.29) is 11.1 Å². The van der Waals surface area contributed by atoms with Gasteiger partial charge in [0.2, 0.25) is 5.91 Å². The van der Waals surface area contributed by atoms with Gasteiger partial charge in [0.15, 0.2) is 11.5 Å². The van der Waals surface area contributed by atoms with Crippen molar-refractivity contribution in [3.05, 3.63) is 47.5 Å². The zero-order chi connectivity index (χ0) is 20.0. The van der Waals surface area contributed by atoms with Gasteiger partial charge in [-0.3, -0.25) is 9.59 Å². The van der Waals surface area contributed by atoms with E-state index in [1.165, 1.54) is 18.2 Å². The number of nitrogens with zero attached hydrogens (tertiary/aromatic N) is 1. The first kappa shape index (κ1) is 20.1. The van der Waals surface area contributed by atoms with Crippen molar-refractivity contribution in [2.24, 2.45) is 11.5 Å². The molecule has 0 aromatic heterocycles. The van der Waals surface area contributed by atoms with E-state index in [4.69, 9.17) is 20.9 Å². The highest BCUT2D eigenvalue weighted by Crippen LogP contribution is 2.32. The fraction of sp³-hybridized carbons (Fsp3) is 0.263. The lowest BCUT2D eigenvalue weighted by Crippen LogP contribution is -2.19. The van der Waals surface area contributed by atoms with Crippen LogP contribution in [0.1, 0.15) is 20.7 Å². The van der Waals surface area contributed by atoms with E-state index >= 15 is 0 Å². The van der Waals surface area contributed by atoms with E-state index in [2.05, 4.69) is 5.32 Å². The Morgan fingerprint density at radius 2 is 1.78 bits per heavy atom. The van der Waals surface area contributed by atoms with Gasteiger partial charge in [-0.05, 0) is 44.4 Å². The number of hydrogen-bond acceptors (Lipinski definition) is 6. The molecule has 5 N–H and O–H groups in total. The highest BCUT2D eigenvalue weighted by Gasteiger charge is 2.13. The predicted molar refractivity (Wildman–Crippen MR) is 104 cm³/mol. The van der Waals surface area contributed by atoms with Gasteiger partial charge in [0.05, 0.1) is 18.4 Å². The summed E-state index contributed by atoms with van der Waals surface area (Å²) in [6.45, 7) is 1.23. The molecular formula is C19H24N4O4. The molecule has 2 amide bonds. The van der Waals surface area contributed by atoms with Crippen LogP contribution in [0.5, 0.6) is 11.5 Å². The van der Waals surface area contributed by atoms with Crippen molar-refractivity contribution in [3.8, 4) is 11.5 Å². The van der Waals surface area contributed by atoms with Crippen LogP contribution in [0, 0.1) is 0 Å². The zero-order valence-electron chi connectivity index (χ0n) is 15.6. The first-order chi connectivity index (χ1) is 12.8. The van der Waals surface area contributed by atoms with Gasteiger partial charge in [0.25, 0.3) is 5.91 Å². The Hall–Kier alpha value is -3.26. The second kappa shape index (κ2) is 8.91. The van der Waals surface area contributed by atoms with Gasteiger partial charge in [-0.1, -0.05) is 0 Å². The Morgan fingerprint density at radius 1 is 1.04 bits per heavy atom. The average Bonchev–Trinajstić information content (AvgIpc) is 2.61. The molecule has 0 aliphatic heterocycles. The molecule has 0 unspecified atom stereocenters. The molecule has 27 heavy (non-hydrogen) atoms. The minimum absolute atomic E-state index is 0.242. The molecule has 8 nitrogen and oxygen atoms in total. The SMILES string of the molecule is COc1ccc(Nc2cc(C(N)=O)ccc2C(N)=O)cc1OCCN(C)C. The first-order valence-corrected chi connectivity index (χ1v) is 8.28. The summed E-state index contributed by atoms with van der Waals surface area (Å²) in [6, 6.07) is 9.66. The van der Waals surface area contributed by atoms with Gasteiger partial charge in [-0.15, -0.1) is 0 Å². The molecule has 0 saturated heterocycles. The number of hydrogen-bond donors (Lipinski definition) is 3. The Kier molecular flexibility index (Phi) is 6.62. The molecule has 144 valence electrons. The van der Waals surface area contributed by atoms with Crippen LogP contribution < -0.4 is 26.3 Å². The van der Waals surface area contributed by atoms with Gasteiger partial charge in [0, 0.05) is 23.9 Å². The molecule has 0 heterocycles. The highest BCUT2D eigenvalue weighted by molar-refractivity contribution is 6.02. The quantitative estimate of drug-likeness (QED) is 0.615. The van der Waals surface area contributed by atoms with Crippen molar-refractivity contribution in [2.45, 2.75) is 0 Å². The van der Waals surface area contributed by atoms with Crippen molar-refractivity contribution >= 4 is 23.2 Å². The molecule has 0 atom stereocenters. The third-order valence-electron chi connectivity index (χ3n) is 3.81. The third kappa shape index (κ3) is 5.35. The monoisotopic (exact) mass is 372 g/mol. The summed E-state index contributed by atoms with van der Waals surface area (Å²) in [5, 5.41) is 3.09. The molecular weight excluding hydrogens is 348 g/mol. The molecule has 2 rings (SSSR count). The van der Waals surface area contributed by atoms with Gasteiger partial charge in [-0.25, -0.2) is 0 Å². The van der Waals surface area contributed by atoms with Crippen LogP contribution >= 0.6 is 0 Å². The van der Waals surface area contributed by atoms with Crippen LogP contribution in [0.25, 0.3) is 0 Å². The summed E-state index contributed by atoms with van der Waals surface area (Å²) in [6.07, 6.45) is 0. The number of likely N-dealkylation sites (N-methyl/N-ethyl adjacent to an activating group) is 1. The fourth-order valence-electron chi connectivity index (χ4n) is 2.38. The van der Waals surface area contributed by atoms with E-state index in [1.807, 2.05) is 19.0 Å². The highest BCUT2D eigenvalue weighted by atomic mass is 16.5. The number of anilines is 2. The van der Waals surface area contributed by atoms with Crippen LogP contribution in [0.3, 0.4) is 0 Å². The van der Waals surface area contributed by atoms with Gasteiger partial charge in [0.1, 0.15) is 6.61 Å². The predicted octanol–water partition coefficient (Wildman–Crippen LogP) is 1.58. The molecule has 0 saturated carbocycles. The lowest BCUT2D eigenvalue weighted by molar-refractivity contribution is 0.0989. The molecule has 0 spiro atoms. The van der Waals surface area contributed by atoms with Crippen LogP contribution in [-0.4, -0.2) is 51.1 Å². The number of rotatable bonds is 9. The number of nitrogens with one attached hydrogen (secondary N) is 1. The lowest BCUT2D eigenvalue weighted by Gasteiger charge is -2.16.